The summed E-state index contributed by atoms with van der Waals surface area (Å²) in [6, 6.07) is 11.0. The first kappa shape index (κ1) is 14.2. The second-order valence-electron chi connectivity index (χ2n) is 4.32. The van der Waals surface area contributed by atoms with E-state index in [1.807, 2.05) is 0 Å². The van der Waals surface area contributed by atoms with Crippen molar-refractivity contribution < 1.29 is 4.74 Å². The summed E-state index contributed by atoms with van der Waals surface area (Å²) in [5, 5.41) is 3.38. The lowest BCUT2D eigenvalue weighted by atomic mass is 10.2. The van der Waals surface area contributed by atoms with Crippen molar-refractivity contribution in [3.8, 4) is 0 Å². The summed E-state index contributed by atoms with van der Waals surface area (Å²) in [4.78, 5) is 2.33. The first-order chi connectivity index (χ1) is 8.27. The lowest BCUT2D eigenvalue weighted by Gasteiger charge is -2.27. The molecule has 0 spiro atoms. The summed E-state index contributed by atoms with van der Waals surface area (Å²) in [6.45, 7) is 5.81. The summed E-state index contributed by atoms with van der Waals surface area (Å²) in [5.74, 6) is 0. The van der Waals surface area contributed by atoms with Crippen LogP contribution >= 0.6 is 0 Å². The SMILES string of the molecule is CCNCC(COC)N(C)Cc1ccccc1. The van der Waals surface area contributed by atoms with E-state index in [1.54, 1.807) is 7.11 Å². The predicted molar refractivity (Wildman–Crippen MR) is 72.1 cm³/mol. The zero-order valence-corrected chi connectivity index (χ0v) is 11.1. The molecule has 0 bridgehead atoms. The van der Waals surface area contributed by atoms with E-state index in [2.05, 4.69) is 54.5 Å². The molecule has 0 radical (unpaired) electrons. The number of rotatable bonds is 8. The molecule has 0 aliphatic carbocycles. The maximum atomic E-state index is 5.28. The van der Waals surface area contributed by atoms with Crippen LogP contribution in [0.25, 0.3) is 0 Å². The highest BCUT2D eigenvalue weighted by Gasteiger charge is 2.13. The molecule has 3 nitrogen and oxygen atoms in total. The van der Waals surface area contributed by atoms with Crippen LogP contribution in [0.15, 0.2) is 30.3 Å². The van der Waals surface area contributed by atoms with Crippen molar-refractivity contribution in [1.82, 2.24) is 10.2 Å². The van der Waals surface area contributed by atoms with Crippen LogP contribution < -0.4 is 5.32 Å². The molecule has 1 unspecified atom stereocenters. The molecule has 1 atom stereocenters. The van der Waals surface area contributed by atoms with Gasteiger partial charge in [0.1, 0.15) is 0 Å². The van der Waals surface area contributed by atoms with Gasteiger partial charge in [0, 0.05) is 26.2 Å². The van der Waals surface area contributed by atoms with Crippen molar-refractivity contribution >= 4 is 0 Å². The minimum absolute atomic E-state index is 0.417. The number of nitrogens with zero attached hydrogens (tertiary/aromatic N) is 1. The normalized spacial score (nSPS) is 12.9. The molecule has 0 amide bonds. The highest BCUT2D eigenvalue weighted by molar-refractivity contribution is 5.14. The molecule has 1 rings (SSSR count). The molecule has 0 fully saturated rings. The zero-order chi connectivity index (χ0) is 12.5. The van der Waals surface area contributed by atoms with Gasteiger partial charge in [-0.15, -0.1) is 0 Å². The Morgan fingerprint density at radius 3 is 2.59 bits per heavy atom. The zero-order valence-electron chi connectivity index (χ0n) is 11.1. The van der Waals surface area contributed by atoms with E-state index in [1.165, 1.54) is 5.56 Å². The molecule has 0 aliphatic rings. The van der Waals surface area contributed by atoms with E-state index in [-0.39, 0.29) is 0 Å². The average molecular weight is 236 g/mol. The van der Waals surface area contributed by atoms with Gasteiger partial charge >= 0.3 is 0 Å². The molecule has 0 saturated carbocycles. The molecule has 3 heteroatoms. The molecule has 1 aromatic rings. The summed E-state index contributed by atoms with van der Waals surface area (Å²) in [7, 11) is 3.91. The highest BCUT2D eigenvalue weighted by atomic mass is 16.5. The Balaban J connectivity index is 2.49. The molecule has 1 aromatic carbocycles. The maximum absolute atomic E-state index is 5.28. The Kier molecular flexibility index (Phi) is 6.86. The van der Waals surface area contributed by atoms with Gasteiger partial charge in [-0.2, -0.15) is 0 Å². The van der Waals surface area contributed by atoms with Crippen LogP contribution in [0.1, 0.15) is 12.5 Å². The lowest BCUT2D eigenvalue weighted by molar-refractivity contribution is 0.102. The molecule has 17 heavy (non-hydrogen) atoms. The number of hydrogen-bond donors (Lipinski definition) is 1. The first-order valence-electron chi connectivity index (χ1n) is 6.21. The maximum Gasteiger partial charge on any atom is 0.0630 e. The fourth-order valence-electron chi connectivity index (χ4n) is 1.85. The largest absolute Gasteiger partial charge is 0.383 e. The van der Waals surface area contributed by atoms with Gasteiger partial charge in [0.15, 0.2) is 0 Å². The molecule has 0 heterocycles. The fourth-order valence-corrected chi connectivity index (χ4v) is 1.85. The Bertz CT molecular complexity index is 290. The van der Waals surface area contributed by atoms with Crippen LogP contribution in [0.4, 0.5) is 0 Å². The van der Waals surface area contributed by atoms with Crippen LogP contribution in [-0.4, -0.2) is 44.8 Å². The number of benzene rings is 1. The monoisotopic (exact) mass is 236 g/mol. The van der Waals surface area contributed by atoms with Gasteiger partial charge in [-0.3, -0.25) is 4.90 Å². The van der Waals surface area contributed by atoms with Crippen molar-refractivity contribution in [2.45, 2.75) is 19.5 Å². The topological polar surface area (TPSA) is 24.5 Å². The molecule has 0 aliphatic heterocycles. The minimum atomic E-state index is 0.417. The third-order valence-corrected chi connectivity index (χ3v) is 2.89. The average Bonchev–Trinajstić information content (AvgIpc) is 2.35. The van der Waals surface area contributed by atoms with E-state index >= 15 is 0 Å². The number of hydrogen-bond acceptors (Lipinski definition) is 3. The van der Waals surface area contributed by atoms with Crippen LogP contribution in [0.5, 0.6) is 0 Å². The standard InChI is InChI=1S/C14H24N2O/c1-4-15-10-14(12-17-3)16(2)11-13-8-6-5-7-9-13/h5-9,14-15H,4,10-12H2,1-3H3. The second kappa shape index (κ2) is 8.23. The Morgan fingerprint density at radius 2 is 2.00 bits per heavy atom. The smallest absolute Gasteiger partial charge is 0.0630 e. The molecular weight excluding hydrogens is 212 g/mol. The van der Waals surface area contributed by atoms with E-state index in [0.29, 0.717) is 6.04 Å². The van der Waals surface area contributed by atoms with Crippen molar-refractivity contribution in [2.75, 3.05) is 33.9 Å². The number of ether oxygens (including phenoxy) is 1. The van der Waals surface area contributed by atoms with E-state index in [9.17, 15) is 0 Å². The number of methoxy groups -OCH3 is 1. The summed E-state index contributed by atoms with van der Waals surface area (Å²) < 4.78 is 5.28. The second-order valence-corrected chi connectivity index (χ2v) is 4.32. The van der Waals surface area contributed by atoms with Crippen LogP contribution in [0, 0.1) is 0 Å². The van der Waals surface area contributed by atoms with Gasteiger partial charge in [0.05, 0.1) is 6.61 Å². The summed E-state index contributed by atoms with van der Waals surface area (Å²) in [5.41, 5.74) is 1.34. The van der Waals surface area contributed by atoms with Gasteiger partial charge in [-0.05, 0) is 19.2 Å². The predicted octanol–water partition coefficient (Wildman–Crippen LogP) is 1.74. The highest BCUT2D eigenvalue weighted by Crippen LogP contribution is 2.06. The van der Waals surface area contributed by atoms with Crippen molar-refractivity contribution in [3.63, 3.8) is 0 Å². The van der Waals surface area contributed by atoms with Crippen molar-refractivity contribution in [3.05, 3.63) is 35.9 Å². The van der Waals surface area contributed by atoms with Gasteiger partial charge < -0.3 is 10.1 Å². The van der Waals surface area contributed by atoms with Gasteiger partial charge in [0.25, 0.3) is 0 Å². The number of likely N-dealkylation sites (N-methyl/N-ethyl adjacent to an activating group) is 2. The summed E-state index contributed by atoms with van der Waals surface area (Å²) in [6.07, 6.45) is 0. The van der Waals surface area contributed by atoms with Crippen LogP contribution in [0.3, 0.4) is 0 Å². The van der Waals surface area contributed by atoms with Crippen molar-refractivity contribution in [2.24, 2.45) is 0 Å². The lowest BCUT2D eigenvalue weighted by Crippen LogP contribution is -2.42. The third-order valence-electron chi connectivity index (χ3n) is 2.89. The van der Waals surface area contributed by atoms with Crippen LogP contribution in [0.2, 0.25) is 0 Å². The van der Waals surface area contributed by atoms with Crippen LogP contribution in [-0.2, 0) is 11.3 Å². The molecular formula is C14H24N2O. The molecule has 1 N–H and O–H groups in total. The quantitative estimate of drug-likeness (QED) is 0.744. The van der Waals surface area contributed by atoms with E-state index in [4.69, 9.17) is 4.74 Å². The Hall–Kier alpha value is -0.900. The molecule has 96 valence electrons. The minimum Gasteiger partial charge on any atom is -0.383 e. The van der Waals surface area contributed by atoms with Gasteiger partial charge in [-0.25, -0.2) is 0 Å². The molecule has 0 aromatic heterocycles. The Labute approximate surface area is 105 Å². The van der Waals surface area contributed by atoms with E-state index < -0.39 is 0 Å². The number of nitrogens with one attached hydrogen (secondary N) is 1. The van der Waals surface area contributed by atoms with Gasteiger partial charge in [0.2, 0.25) is 0 Å². The first-order valence-corrected chi connectivity index (χ1v) is 6.21. The molecule has 0 saturated heterocycles. The van der Waals surface area contributed by atoms with Crippen molar-refractivity contribution in [1.29, 1.82) is 0 Å². The fraction of sp³-hybridized carbons (Fsp3) is 0.571. The van der Waals surface area contributed by atoms with Gasteiger partial charge in [-0.1, -0.05) is 37.3 Å². The summed E-state index contributed by atoms with van der Waals surface area (Å²) >= 11 is 0. The third kappa shape index (κ3) is 5.31. The van der Waals surface area contributed by atoms with E-state index in [0.717, 1.165) is 26.2 Å². The Morgan fingerprint density at radius 1 is 1.29 bits per heavy atom.